The van der Waals surface area contributed by atoms with Crippen molar-refractivity contribution in [2.45, 2.75) is 9.79 Å². The average Bonchev–Trinajstić information content (AvgIpc) is 2.91. The second-order valence-corrected chi connectivity index (χ2v) is 13.1. The van der Waals surface area contributed by atoms with Crippen LogP contribution in [0.4, 0.5) is 17.2 Å². The van der Waals surface area contributed by atoms with Crippen molar-refractivity contribution in [2.75, 3.05) is 48.3 Å². The second-order valence-electron chi connectivity index (χ2n) is 8.84. The van der Waals surface area contributed by atoms with E-state index in [9.17, 15) is 16.8 Å². The first kappa shape index (κ1) is 25.1. The van der Waals surface area contributed by atoms with Gasteiger partial charge in [0.05, 0.1) is 26.8 Å². The summed E-state index contributed by atoms with van der Waals surface area (Å²) in [5.74, 6) is 1.04. The number of benzene rings is 3. The monoisotopic (exact) mass is 537 g/mol. The maximum atomic E-state index is 12.9. The van der Waals surface area contributed by atoms with Gasteiger partial charge in [-0.1, -0.05) is 18.2 Å². The van der Waals surface area contributed by atoms with E-state index in [-0.39, 0.29) is 21.3 Å². The molecule has 1 aliphatic heterocycles. The Bertz CT molecular complexity index is 1600. The van der Waals surface area contributed by atoms with Crippen molar-refractivity contribution < 1.29 is 16.8 Å². The molecule has 192 valence electrons. The first-order chi connectivity index (χ1) is 17.8. The molecular formula is C26H27N5O4S2. The maximum Gasteiger partial charge on any atom is 0.206 e. The number of nitrogens with one attached hydrogen (secondary N) is 2. The molecule has 3 aromatic carbocycles. The highest BCUT2D eigenvalue weighted by Gasteiger charge is 2.21. The fourth-order valence-electron chi connectivity index (χ4n) is 4.19. The van der Waals surface area contributed by atoms with Gasteiger partial charge in [0.1, 0.15) is 12.1 Å². The largest absolute Gasteiger partial charge is 0.384 e. The summed E-state index contributed by atoms with van der Waals surface area (Å²) >= 11 is 0. The lowest BCUT2D eigenvalue weighted by atomic mass is 10.2. The van der Waals surface area contributed by atoms with Crippen LogP contribution in [0.5, 0.6) is 0 Å². The van der Waals surface area contributed by atoms with Crippen LogP contribution >= 0.6 is 0 Å². The van der Waals surface area contributed by atoms with E-state index in [2.05, 4.69) is 25.5 Å². The zero-order valence-electron chi connectivity index (χ0n) is 20.0. The number of hydrogen-bond acceptors (Lipinski definition) is 9. The molecule has 0 spiro atoms. The van der Waals surface area contributed by atoms with Gasteiger partial charge < -0.3 is 10.6 Å². The molecule has 0 radical (unpaired) electrons. The quantitative estimate of drug-likeness (QED) is 0.348. The van der Waals surface area contributed by atoms with Crippen molar-refractivity contribution in [3.8, 4) is 0 Å². The molecule has 4 aromatic rings. The van der Waals surface area contributed by atoms with Crippen LogP contribution in [-0.2, 0) is 19.7 Å². The van der Waals surface area contributed by atoms with Gasteiger partial charge in [0.25, 0.3) is 0 Å². The van der Waals surface area contributed by atoms with Gasteiger partial charge in [-0.2, -0.15) is 0 Å². The maximum absolute atomic E-state index is 12.9. The molecule has 11 heteroatoms. The smallest absolute Gasteiger partial charge is 0.206 e. The Kier molecular flexibility index (Phi) is 7.09. The third-order valence-corrected chi connectivity index (χ3v) is 9.71. The molecule has 2 N–H and O–H groups in total. The normalized spacial score (nSPS) is 15.9. The lowest BCUT2D eigenvalue weighted by Gasteiger charge is -2.26. The molecule has 1 fully saturated rings. The zero-order valence-corrected chi connectivity index (χ0v) is 21.7. The van der Waals surface area contributed by atoms with Crippen molar-refractivity contribution in [1.82, 2.24) is 14.9 Å². The summed E-state index contributed by atoms with van der Waals surface area (Å²) in [6, 6.07) is 20.7. The fourth-order valence-corrected chi connectivity index (χ4v) is 6.75. The Morgan fingerprint density at radius 1 is 0.838 bits per heavy atom. The van der Waals surface area contributed by atoms with Crippen molar-refractivity contribution in [2.24, 2.45) is 0 Å². The van der Waals surface area contributed by atoms with Crippen LogP contribution in [0.3, 0.4) is 0 Å². The molecule has 0 saturated carbocycles. The molecule has 0 unspecified atom stereocenters. The van der Waals surface area contributed by atoms with Crippen LogP contribution in [-0.4, -0.2) is 69.4 Å². The summed E-state index contributed by atoms with van der Waals surface area (Å²) in [6.07, 6.45) is 1.48. The summed E-state index contributed by atoms with van der Waals surface area (Å²) in [5, 5.41) is 7.48. The lowest BCUT2D eigenvalue weighted by Crippen LogP contribution is -2.42. The van der Waals surface area contributed by atoms with Gasteiger partial charge in [-0.05, 0) is 54.6 Å². The molecule has 0 aliphatic carbocycles. The van der Waals surface area contributed by atoms with E-state index in [0.717, 1.165) is 23.1 Å². The first-order valence-electron chi connectivity index (χ1n) is 11.9. The predicted octanol–water partition coefficient (Wildman–Crippen LogP) is 3.35. The van der Waals surface area contributed by atoms with Crippen LogP contribution in [0.15, 0.2) is 88.9 Å². The molecule has 2 heterocycles. The Hall–Kier alpha value is -3.54. The number of sulfone groups is 2. The molecule has 1 aromatic heterocycles. The molecular weight excluding hydrogens is 510 g/mol. The summed E-state index contributed by atoms with van der Waals surface area (Å²) in [6.45, 7) is 2.56. The molecule has 1 saturated heterocycles. The van der Waals surface area contributed by atoms with Crippen LogP contribution in [0.2, 0.25) is 0 Å². The van der Waals surface area contributed by atoms with Crippen molar-refractivity contribution in [3.63, 3.8) is 0 Å². The molecule has 0 atom stereocenters. The molecule has 1 aliphatic rings. The van der Waals surface area contributed by atoms with Gasteiger partial charge >= 0.3 is 0 Å². The summed E-state index contributed by atoms with van der Waals surface area (Å²) in [5.41, 5.74) is 2.37. The zero-order chi connectivity index (χ0) is 25.9. The first-order valence-corrected chi connectivity index (χ1v) is 15.2. The summed E-state index contributed by atoms with van der Waals surface area (Å²) < 4.78 is 48.9. The number of aromatic nitrogens is 2. The van der Waals surface area contributed by atoms with E-state index >= 15 is 0 Å². The molecule has 37 heavy (non-hydrogen) atoms. The third-order valence-electron chi connectivity index (χ3n) is 6.31. The minimum atomic E-state index is -3.59. The predicted molar refractivity (Wildman–Crippen MR) is 145 cm³/mol. The van der Waals surface area contributed by atoms with E-state index in [1.165, 1.54) is 6.33 Å². The number of anilines is 3. The Morgan fingerprint density at radius 3 is 2.24 bits per heavy atom. The van der Waals surface area contributed by atoms with Gasteiger partial charge in [0.15, 0.2) is 9.84 Å². The third kappa shape index (κ3) is 5.90. The highest BCUT2D eigenvalue weighted by atomic mass is 32.2. The number of rotatable bonds is 8. The SMILES string of the molecule is O=S1(=O)CCN(CCNc2ccc3ncnc(Nc4ccc(S(=O)(=O)c5ccccc5)cc4)c3c2)CC1. The summed E-state index contributed by atoms with van der Waals surface area (Å²) in [4.78, 5) is 11.4. The second kappa shape index (κ2) is 10.4. The van der Waals surface area contributed by atoms with Gasteiger partial charge in [-0.15, -0.1) is 0 Å². The Morgan fingerprint density at radius 2 is 1.51 bits per heavy atom. The van der Waals surface area contributed by atoms with Gasteiger partial charge in [0, 0.05) is 42.9 Å². The van der Waals surface area contributed by atoms with Crippen molar-refractivity contribution in [3.05, 3.63) is 79.1 Å². The standard InChI is InChI=1S/C26H27N5O4S2/c32-36(33)16-14-31(15-17-36)13-12-27-21-8-11-25-24(18-21)26(29-19-28-25)30-20-6-9-23(10-7-20)37(34,35)22-4-2-1-3-5-22/h1-11,18-19,27H,12-17H2,(H,28,29,30). The minimum absolute atomic E-state index is 0.217. The fraction of sp³-hybridized carbons (Fsp3) is 0.231. The van der Waals surface area contributed by atoms with Crippen molar-refractivity contribution in [1.29, 1.82) is 0 Å². The van der Waals surface area contributed by atoms with E-state index < -0.39 is 19.7 Å². The molecule has 5 rings (SSSR count). The average molecular weight is 538 g/mol. The van der Waals surface area contributed by atoms with E-state index in [1.807, 2.05) is 18.2 Å². The van der Waals surface area contributed by atoms with E-state index in [0.29, 0.717) is 31.1 Å². The van der Waals surface area contributed by atoms with Crippen LogP contribution in [0.1, 0.15) is 0 Å². The number of hydrogen-bond donors (Lipinski definition) is 2. The highest BCUT2D eigenvalue weighted by molar-refractivity contribution is 7.91. The van der Waals surface area contributed by atoms with Gasteiger partial charge in [-0.25, -0.2) is 26.8 Å². The van der Waals surface area contributed by atoms with Crippen LogP contribution < -0.4 is 10.6 Å². The highest BCUT2D eigenvalue weighted by Crippen LogP contribution is 2.27. The van der Waals surface area contributed by atoms with Crippen LogP contribution in [0, 0.1) is 0 Å². The Balaban J connectivity index is 1.28. The number of nitrogens with zero attached hydrogens (tertiary/aromatic N) is 3. The molecule has 0 bridgehead atoms. The minimum Gasteiger partial charge on any atom is -0.384 e. The van der Waals surface area contributed by atoms with E-state index in [4.69, 9.17) is 0 Å². The van der Waals surface area contributed by atoms with E-state index in [1.54, 1.807) is 54.6 Å². The van der Waals surface area contributed by atoms with Gasteiger partial charge in [-0.3, -0.25) is 4.90 Å². The lowest BCUT2D eigenvalue weighted by molar-refractivity contribution is 0.307. The van der Waals surface area contributed by atoms with Gasteiger partial charge in [0.2, 0.25) is 9.84 Å². The Labute approximate surface area is 216 Å². The summed E-state index contributed by atoms with van der Waals surface area (Å²) in [7, 11) is -6.47. The van der Waals surface area contributed by atoms with Crippen molar-refractivity contribution >= 4 is 47.8 Å². The number of fused-ring (bicyclic) bond motifs is 1. The molecule has 0 amide bonds. The topological polar surface area (TPSA) is 121 Å². The molecule has 9 nitrogen and oxygen atoms in total. The van der Waals surface area contributed by atoms with Crippen LogP contribution in [0.25, 0.3) is 10.9 Å².